The Kier molecular flexibility index (Phi) is 4.41. The van der Waals surface area contributed by atoms with Gasteiger partial charge in [-0.25, -0.2) is 0 Å². The Hall–Kier alpha value is -3.86. The summed E-state index contributed by atoms with van der Waals surface area (Å²) in [6.07, 6.45) is 6.97. The van der Waals surface area contributed by atoms with Crippen molar-refractivity contribution < 1.29 is 0 Å². The Balaban J connectivity index is 2.20. The van der Waals surface area contributed by atoms with Crippen LogP contribution in [0.5, 0.6) is 0 Å². The first-order valence-electron chi connectivity index (χ1n) is 7.86. The number of hydrogen-bond donors (Lipinski definition) is 0. The predicted molar refractivity (Wildman–Crippen MR) is 112 cm³/mol. The number of thiocyanates is 1. The third-order valence-electron chi connectivity index (χ3n) is 4.47. The molecular weight excluding hydrogens is 388 g/mol. The summed E-state index contributed by atoms with van der Waals surface area (Å²) >= 11 is 5.80. The van der Waals surface area contributed by atoms with Crippen molar-refractivity contribution in [2.75, 3.05) is 0 Å². The second-order valence-electron chi connectivity index (χ2n) is 5.67. The Bertz CT molecular complexity index is 1330. The van der Waals surface area contributed by atoms with Crippen molar-refractivity contribution in [1.29, 1.82) is 15.8 Å². The molecule has 0 aliphatic heterocycles. The van der Waals surface area contributed by atoms with E-state index in [1.54, 1.807) is 12.2 Å². The molecule has 0 radical (unpaired) electrons. The molecular formula is C20H6N6S2. The summed E-state index contributed by atoms with van der Waals surface area (Å²) in [5.41, 5.74) is 4.64. The molecule has 2 aromatic carbocycles. The smallest absolute Gasteiger partial charge is 0.193 e. The molecule has 2 aliphatic carbocycles. The fourth-order valence-corrected chi connectivity index (χ4v) is 4.22. The van der Waals surface area contributed by atoms with Crippen molar-refractivity contribution >= 4 is 61.9 Å². The molecule has 0 heterocycles. The lowest BCUT2D eigenvalue weighted by atomic mass is 9.92. The number of isothiocyanates is 1. The van der Waals surface area contributed by atoms with Crippen molar-refractivity contribution in [3.8, 4) is 17.8 Å². The molecule has 6 nitrogen and oxygen atoms in total. The maximum atomic E-state index is 9.25. The number of benzene rings is 2. The highest BCUT2D eigenvalue weighted by atomic mass is 32.2. The van der Waals surface area contributed by atoms with Gasteiger partial charge in [-0.2, -0.15) is 30.8 Å². The molecule has 0 atom stereocenters. The number of rotatable bonds is 2. The monoisotopic (exact) mass is 394 g/mol. The van der Waals surface area contributed by atoms with Gasteiger partial charge in [-0.3, -0.25) is 0 Å². The number of hydrogen-bond acceptors (Lipinski definition) is 8. The van der Waals surface area contributed by atoms with Gasteiger partial charge in [0.05, 0.1) is 27.2 Å². The molecule has 2 aliphatic rings. The van der Waals surface area contributed by atoms with E-state index in [1.807, 2.05) is 36.7 Å². The lowest BCUT2D eigenvalue weighted by Crippen LogP contribution is -2.01. The Morgan fingerprint density at radius 1 is 0.786 bits per heavy atom. The number of thiocarbonyl (C=S) groups is 1. The Labute approximate surface area is 169 Å². The van der Waals surface area contributed by atoms with E-state index in [2.05, 4.69) is 25.5 Å². The zero-order valence-corrected chi connectivity index (χ0v) is 15.6. The van der Waals surface area contributed by atoms with E-state index in [0.717, 1.165) is 44.8 Å². The van der Waals surface area contributed by atoms with Gasteiger partial charge in [-0.05, 0) is 41.7 Å². The van der Waals surface area contributed by atoms with E-state index in [4.69, 9.17) is 22.7 Å². The minimum absolute atomic E-state index is 0.469. The quantitative estimate of drug-likeness (QED) is 0.426. The van der Waals surface area contributed by atoms with Gasteiger partial charge in [-0.15, -0.1) is 0 Å². The molecule has 2 aromatic rings. The van der Waals surface area contributed by atoms with E-state index in [9.17, 15) is 5.26 Å². The van der Waals surface area contributed by atoms with Crippen LogP contribution in [-0.4, -0.2) is 16.6 Å². The molecule has 0 saturated carbocycles. The molecule has 8 heteroatoms. The number of aliphatic imine (C=N–C) groups is 3. The van der Waals surface area contributed by atoms with E-state index >= 15 is 0 Å². The lowest BCUT2D eigenvalue weighted by molar-refractivity contribution is 1.44. The molecule has 0 aromatic heterocycles. The van der Waals surface area contributed by atoms with Crippen LogP contribution in [0.4, 0.5) is 0 Å². The highest BCUT2D eigenvalue weighted by Crippen LogP contribution is 2.49. The molecule has 0 unspecified atom stereocenters. The Morgan fingerprint density at radius 2 is 1.32 bits per heavy atom. The van der Waals surface area contributed by atoms with Gasteiger partial charge in [0, 0.05) is 27.5 Å². The summed E-state index contributed by atoms with van der Waals surface area (Å²) in [5.74, 6) is 0. The second kappa shape index (κ2) is 7.04. The summed E-state index contributed by atoms with van der Waals surface area (Å²) in [4.78, 5) is 12.7. The molecule has 28 heavy (non-hydrogen) atoms. The van der Waals surface area contributed by atoms with Crippen LogP contribution in [0.25, 0.3) is 21.4 Å². The van der Waals surface area contributed by atoms with Crippen molar-refractivity contribution in [3.63, 3.8) is 0 Å². The van der Waals surface area contributed by atoms with Crippen LogP contribution in [0.1, 0.15) is 22.3 Å². The van der Waals surface area contributed by atoms with Gasteiger partial charge in [0.1, 0.15) is 5.40 Å². The van der Waals surface area contributed by atoms with Crippen LogP contribution in [-0.2, 0) is 0 Å². The highest BCUT2D eigenvalue weighted by Gasteiger charge is 2.29. The summed E-state index contributed by atoms with van der Waals surface area (Å²) < 4.78 is 0. The average Bonchev–Trinajstić information content (AvgIpc) is 2.91. The van der Waals surface area contributed by atoms with Crippen molar-refractivity contribution in [3.05, 3.63) is 58.7 Å². The summed E-state index contributed by atoms with van der Waals surface area (Å²) in [6.45, 7) is 0. The van der Waals surface area contributed by atoms with Crippen LogP contribution < -0.4 is 0 Å². The largest absolute Gasteiger partial charge is 0.206 e. The van der Waals surface area contributed by atoms with Crippen molar-refractivity contribution in [1.82, 2.24) is 0 Å². The normalized spacial score (nSPS) is 16.5. The van der Waals surface area contributed by atoms with Crippen molar-refractivity contribution in [2.45, 2.75) is 0 Å². The molecule has 0 N–H and O–H groups in total. The number of nitrogens with zero attached hydrogens (tertiary/aromatic N) is 6. The first-order valence-corrected chi connectivity index (χ1v) is 9.08. The molecule has 0 bridgehead atoms. The van der Waals surface area contributed by atoms with Crippen LogP contribution in [0.15, 0.2) is 51.4 Å². The van der Waals surface area contributed by atoms with Crippen LogP contribution in [0.3, 0.4) is 0 Å². The third-order valence-corrected chi connectivity index (χ3v) is 5.27. The van der Waals surface area contributed by atoms with E-state index in [-0.39, 0.29) is 0 Å². The first-order chi connectivity index (χ1) is 13.7. The molecule has 0 fully saturated rings. The van der Waals surface area contributed by atoms with Gasteiger partial charge in [0.15, 0.2) is 0 Å². The molecule has 4 rings (SSSR count). The molecule has 0 amide bonds. The van der Waals surface area contributed by atoms with Crippen LogP contribution in [0, 0.1) is 33.6 Å². The van der Waals surface area contributed by atoms with Crippen molar-refractivity contribution in [2.24, 2.45) is 15.0 Å². The maximum Gasteiger partial charge on any atom is 0.206 e. The zero-order chi connectivity index (χ0) is 19.7. The fourth-order valence-electron chi connectivity index (χ4n) is 3.50. The van der Waals surface area contributed by atoms with E-state index < -0.39 is 0 Å². The molecule has 128 valence electrons. The fraction of sp³-hybridized carbons (Fsp3) is 0. The summed E-state index contributed by atoms with van der Waals surface area (Å²) in [6, 6.07) is 7.45. The van der Waals surface area contributed by atoms with Gasteiger partial charge >= 0.3 is 0 Å². The van der Waals surface area contributed by atoms with Gasteiger partial charge < -0.3 is 0 Å². The van der Waals surface area contributed by atoms with E-state index in [0.29, 0.717) is 22.0 Å². The highest BCUT2D eigenvalue weighted by molar-refractivity contribution is 8.12. The average molecular weight is 394 g/mol. The summed E-state index contributed by atoms with van der Waals surface area (Å²) in [7, 11) is 0. The second-order valence-corrected chi connectivity index (χ2v) is 6.65. The Morgan fingerprint density at radius 3 is 1.86 bits per heavy atom. The third kappa shape index (κ3) is 2.48. The van der Waals surface area contributed by atoms with Crippen LogP contribution in [0.2, 0.25) is 0 Å². The molecule has 0 saturated heterocycles. The minimum atomic E-state index is 0.469. The minimum Gasteiger partial charge on any atom is -0.193 e. The SMILES string of the molecule is N#CN=C1C=CC(=NC#N)c2ccc3c4c(ccc1c24)C(N=C=S)=C3SC#N. The van der Waals surface area contributed by atoms with Gasteiger partial charge in [-0.1, -0.05) is 24.3 Å². The zero-order valence-electron chi connectivity index (χ0n) is 14.0. The number of thioether (sulfide) groups is 1. The lowest BCUT2D eigenvalue weighted by Gasteiger charge is -2.11. The predicted octanol–water partition coefficient (Wildman–Crippen LogP) is 4.41. The van der Waals surface area contributed by atoms with E-state index in [1.165, 1.54) is 0 Å². The molecule has 0 spiro atoms. The van der Waals surface area contributed by atoms with Gasteiger partial charge in [0.2, 0.25) is 12.4 Å². The maximum absolute atomic E-state index is 9.25. The standard InChI is InChI=1S/C20H6N6S2/c21-7-24-15-5-6-16(25-8-22)12-2-4-14-18-13(3-1-11(15)17(12)18)19(26-10-27)20(14)28-9-23/h1-6H. The number of allylic oxidation sites excluding steroid dienone is 2. The van der Waals surface area contributed by atoms with Crippen LogP contribution >= 0.6 is 24.0 Å². The topological polar surface area (TPSA) is 108 Å². The number of nitriles is 3. The summed E-state index contributed by atoms with van der Waals surface area (Å²) in [5, 5.41) is 33.6. The van der Waals surface area contributed by atoms with Gasteiger partial charge in [0.25, 0.3) is 0 Å². The first kappa shape index (κ1) is 17.5.